The summed E-state index contributed by atoms with van der Waals surface area (Å²) in [4.78, 5) is 11.4. The highest BCUT2D eigenvalue weighted by atomic mass is 16.1. The van der Waals surface area contributed by atoms with Crippen LogP contribution in [0.4, 0.5) is 0 Å². The van der Waals surface area contributed by atoms with Crippen molar-refractivity contribution in [2.24, 2.45) is 5.92 Å². The topological polar surface area (TPSA) is 46.9 Å². The summed E-state index contributed by atoms with van der Waals surface area (Å²) in [6.45, 7) is 8.08. The minimum Gasteiger partial charge on any atom is -0.312 e. The third-order valence-corrected chi connectivity index (χ3v) is 2.78. The Balaban J connectivity index is 2.24. The van der Waals surface area contributed by atoms with E-state index in [1.54, 1.807) is 12.3 Å². The van der Waals surface area contributed by atoms with Crippen molar-refractivity contribution < 1.29 is 0 Å². The van der Waals surface area contributed by atoms with Gasteiger partial charge in [-0.25, -0.2) is 4.68 Å². The highest BCUT2D eigenvalue weighted by Gasteiger charge is 2.03. The van der Waals surface area contributed by atoms with E-state index in [-0.39, 0.29) is 5.56 Å². The summed E-state index contributed by atoms with van der Waals surface area (Å²) in [6, 6.07) is 3.70. The largest absolute Gasteiger partial charge is 0.312 e. The predicted octanol–water partition coefficient (Wildman–Crippen LogP) is 1.66. The van der Waals surface area contributed by atoms with Gasteiger partial charge in [-0.15, -0.1) is 0 Å². The van der Waals surface area contributed by atoms with Gasteiger partial charge in [-0.05, 0) is 31.7 Å². The zero-order chi connectivity index (χ0) is 12.7. The van der Waals surface area contributed by atoms with Crippen molar-refractivity contribution in [2.75, 3.05) is 6.54 Å². The van der Waals surface area contributed by atoms with Crippen LogP contribution in [0.5, 0.6) is 0 Å². The molecule has 17 heavy (non-hydrogen) atoms. The van der Waals surface area contributed by atoms with Gasteiger partial charge in [0.1, 0.15) is 0 Å². The molecule has 0 aromatic carbocycles. The Morgan fingerprint density at radius 3 is 2.76 bits per heavy atom. The van der Waals surface area contributed by atoms with E-state index < -0.39 is 0 Å². The standard InChI is InChI=1S/C13H23N3O/c1-11(2)6-7-12(3)14-9-10-16-13(17)5-4-8-15-16/h4-5,8,11-12,14H,6-7,9-10H2,1-3H3. The van der Waals surface area contributed by atoms with E-state index in [0.717, 1.165) is 12.5 Å². The van der Waals surface area contributed by atoms with Gasteiger partial charge < -0.3 is 5.32 Å². The quantitative estimate of drug-likeness (QED) is 0.784. The molecule has 1 atom stereocenters. The Hall–Kier alpha value is -1.16. The first-order valence-corrected chi connectivity index (χ1v) is 6.35. The zero-order valence-corrected chi connectivity index (χ0v) is 11.0. The molecule has 0 radical (unpaired) electrons. The summed E-state index contributed by atoms with van der Waals surface area (Å²) in [7, 11) is 0. The molecule has 96 valence electrons. The molecule has 4 nitrogen and oxygen atoms in total. The molecule has 1 aromatic rings. The van der Waals surface area contributed by atoms with Gasteiger partial charge in [0.05, 0.1) is 6.54 Å². The van der Waals surface area contributed by atoms with Crippen molar-refractivity contribution in [1.82, 2.24) is 15.1 Å². The third-order valence-electron chi connectivity index (χ3n) is 2.78. The van der Waals surface area contributed by atoms with Gasteiger partial charge in [-0.1, -0.05) is 13.8 Å². The van der Waals surface area contributed by atoms with Gasteiger partial charge in [0.25, 0.3) is 5.56 Å². The van der Waals surface area contributed by atoms with Crippen LogP contribution in [-0.2, 0) is 6.54 Å². The van der Waals surface area contributed by atoms with Crippen LogP contribution >= 0.6 is 0 Å². The number of hydrogen-bond donors (Lipinski definition) is 1. The predicted molar refractivity (Wildman–Crippen MR) is 70.0 cm³/mol. The van der Waals surface area contributed by atoms with Crippen LogP contribution in [0.15, 0.2) is 23.1 Å². The first kappa shape index (κ1) is 13.9. The van der Waals surface area contributed by atoms with Gasteiger partial charge in [-0.3, -0.25) is 4.79 Å². The molecular formula is C13H23N3O. The lowest BCUT2D eigenvalue weighted by Crippen LogP contribution is -2.33. The summed E-state index contributed by atoms with van der Waals surface area (Å²) < 4.78 is 1.49. The summed E-state index contributed by atoms with van der Waals surface area (Å²) in [5.74, 6) is 0.748. The average Bonchev–Trinajstić information content (AvgIpc) is 2.29. The van der Waals surface area contributed by atoms with Crippen molar-refractivity contribution in [3.05, 3.63) is 28.7 Å². The number of aromatic nitrogens is 2. The first-order chi connectivity index (χ1) is 8.09. The van der Waals surface area contributed by atoms with Crippen LogP contribution in [0.1, 0.15) is 33.6 Å². The lowest BCUT2D eigenvalue weighted by Gasteiger charge is -2.15. The Kier molecular flexibility index (Phi) is 5.91. The molecule has 0 aliphatic carbocycles. The minimum absolute atomic E-state index is 0.0378. The summed E-state index contributed by atoms with van der Waals surface area (Å²) in [5.41, 5.74) is -0.0378. The van der Waals surface area contributed by atoms with Crippen LogP contribution in [-0.4, -0.2) is 22.4 Å². The van der Waals surface area contributed by atoms with Crippen molar-refractivity contribution in [1.29, 1.82) is 0 Å². The lowest BCUT2D eigenvalue weighted by molar-refractivity contribution is 0.430. The maximum atomic E-state index is 11.4. The van der Waals surface area contributed by atoms with Crippen molar-refractivity contribution >= 4 is 0 Å². The van der Waals surface area contributed by atoms with E-state index in [0.29, 0.717) is 12.6 Å². The molecule has 4 heteroatoms. The Labute approximate surface area is 103 Å². The maximum absolute atomic E-state index is 11.4. The Bertz CT molecular complexity index is 373. The van der Waals surface area contributed by atoms with Crippen molar-refractivity contribution in [3.63, 3.8) is 0 Å². The van der Waals surface area contributed by atoms with Crippen LogP contribution in [0.25, 0.3) is 0 Å². The molecule has 0 aliphatic heterocycles. The van der Waals surface area contributed by atoms with Gasteiger partial charge in [0.15, 0.2) is 0 Å². The Morgan fingerprint density at radius 1 is 1.35 bits per heavy atom. The van der Waals surface area contributed by atoms with E-state index in [9.17, 15) is 4.79 Å². The third kappa shape index (κ3) is 5.63. The minimum atomic E-state index is -0.0378. The first-order valence-electron chi connectivity index (χ1n) is 6.35. The molecule has 0 spiro atoms. The molecule has 1 N–H and O–H groups in total. The van der Waals surface area contributed by atoms with Gasteiger partial charge in [0, 0.05) is 24.8 Å². The van der Waals surface area contributed by atoms with Crippen molar-refractivity contribution in [3.8, 4) is 0 Å². The second-order valence-corrected chi connectivity index (χ2v) is 4.91. The van der Waals surface area contributed by atoms with E-state index >= 15 is 0 Å². The lowest BCUT2D eigenvalue weighted by atomic mass is 10.0. The van der Waals surface area contributed by atoms with Crippen LogP contribution in [0, 0.1) is 5.92 Å². The highest BCUT2D eigenvalue weighted by molar-refractivity contribution is 4.84. The molecule has 0 bridgehead atoms. The fraction of sp³-hybridized carbons (Fsp3) is 0.692. The van der Waals surface area contributed by atoms with Gasteiger partial charge in [0.2, 0.25) is 0 Å². The zero-order valence-electron chi connectivity index (χ0n) is 11.0. The van der Waals surface area contributed by atoms with Gasteiger partial charge >= 0.3 is 0 Å². The highest BCUT2D eigenvalue weighted by Crippen LogP contribution is 2.05. The normalized spacial score (nSPS) is 12.9. The van der Waals surface area contributed by atoms with Gasteiger partial charge in [-0.2, -0.15) is 5.10 Å². The SMILES string of the molecule is CC(C)CCC(C)NCCn1ncccc1=O. The number of nitrogens with one attached hydrogen (secondary N) is 1. The van der Waals surface area contributed by atoms with Crippen molar-refractivity contribution in [2.45, 2.75) is 46.2 Å². The number of nitrogens with zero attached hydrogens (tertiary/aromatic N) is 2. The maximum Gasteiger partial charge on any atom is 0.266 e. The van der Waals surface area contributed by atoms with Crippen LogP contribution in [0.2, 0.25) is 0 Å². The molecule has 0 saturated carbocycles. The summed E-state index contributed by atoms with van der Waals surface area (Å²) >= 11 is 0. The molecule has 1 aromatic heterocycles. The number of rotatable bonds is 7. The molecule has 1 rings (SSSR count). The second-order valence-electron chi connectivity index (χ2n) is 4.91. The summed E-state index contributed by atoms with van der Waals surface area (Å²) in [6.07, 6.45) is 4.05. The molecule has 0 amide bonds. The fourth-order valence-corrected chi connectivity index (χ4v) is 1.66. The summed E-state index contributed by atoms with van der Waals surface area (Å²) in [5, 5.41) is 7.43. The van der Waals surface area contributed by atoms with E-state index in [1.807, 2.05) is 0 Å². The van der Waals surface area contributed by atoms with Crippen LogP contribution in [0.3, 0.4) is 0 Å². The molecule has 1 heterocycles. The molecule has 0 aliphatic rings. The van der Waals surface area contributed by atoms with E-state index in [1.165, 1.54) is 23.6 Å². The monoisotopic (exact) mass is 237 g/mol. The smallest absolute Gasteiger partial charge is 0.266 e. The average molecular weight is 237 g/mol. The Morgan fingerprint density at radius 2 is 2.12 bits per heavy atom. The molecular weight excluding hydrogens is 214 g/mol. The second kappa shape index (κ2) is 7.22. The molecule has 1 unspecified atom stereocenters. The molecule has 0 saturated heterocycles. The van der Waals surface area contributed by atoms with Crippen LogP contribution < -0.4 is 10.9 Å². The number of hydrogen-bond acceptors (Lipinski definition) is 3. The van der Waals surface area contributed by atoms with E-state index in [4.69, 9.17) is 0 Å². The fourth-order valence-electron chi connectivity index (χ4n) is 1.66. The molecule has 0 fully saturated rings. The van der Waals surface area contributed by atoms with E-state index in [2.05, 4.69) is 31.2 Å².